The number of hydrogen-bond donors (Lipinski definition) is 1. The maximum Gasteiger partial charge on any atom is 0.260 e. The van der Waals surface area contributed by atoms with Crippen molar-refractivity contribution in [3.8, 4) is 17.6 Å². The molecular formula is C21H19N3O3S. The Hall–Kier alpha value is -3.11. The smallest absolute Gasteiger partial charge is 0.260 e. The SMILES string of the molecule is COc1cc(C=Cc2nc3sc4c(c3c(=O)[nH]2)CCCC4)ccc1OCC#N. The summed E-state index contributed by atoms with van der Waals surface area (Å²) in [6.45, 7) is -0.0402. The Kier molecular flexibility index (Phi) is 5.13. The average molecular weight is 393 g/mol. The molecule has 4 rings (SSSR count). The Balaban J connectivity index is 1.64. The number of rotatable bonds is 5. The van der Waals surface area contributed by atoms with Gasteiger partial charge in [-0.05, 0) is 55.0 Å². The van der Waals surface area contributed by atoms with Crippen LogP contribution >= 0.6 is 11.3 Å². The molecule has 0 atom stereocenters. The summed E-state index contributed by atoms with van der Waals surface area (Å²) in [5, 5.41) is 9.41. The molecule has 0 spiro atoms. The molecule has 0 fully saturated rings. The van der Waals surface area contributed by atoms with Crippen molar-refractivity contribution in [3.05, 3.63) is 50.4 Å². The van der Waals surface area contributed by atoms with E-state index in [1.807, 2.05) is 24.3 Å². The van der Waals surface area contributed by atoms with Crippen molar-refractivity contribution in [1.29, 1.82) is 5.26 Å². The Labute approximate surface area is 166 Å². The third-order valence-electron chi connectivity index (χ3n) is 4.76. The number of benzene rings is 1. The minimum absolute atomic E-state index is 0.0402. The van der Waals surface area contributed by atoms with Crippen molar-refractivity contribution in [3.63, 3.8) is 0 Å². The molecule has 1 N–H and O–H groups in total. The van der Waals surface area contributed by atoms with Crippen LogP contribution in [0.25, 0.3) is 22.4 Å². The first-order valence-electron chi connectivity index (χ1n) is 9.10. The fourth-order valence-electron chi connectivity index (χ4n) is 3.45. The lowest BCUT2D eigenvalue weighted by atomic mass is 9.97. The number of thiophene rings is 1. The molecule has 0 saturated heterocycles. The number of nitrogens with zero attached hydrogens (tertiary/aromatic N) is 2. The van der Waals surface area contributed by atoms with Crippen LogP contribution in [0.1, 0.15) is 34.7 Å². The van der Waals surface area contributed by atoms with Gasteiger partial charge in [0.2, 0.25) is 0 Å². The second-order valence-corrected chi connectivity index (χ2v) is 7.62. The number of nitriles is 1. The summed E-state index contributed by atoms with van der Waals surface area (Å²) in [6, 6.07) is 7.35. The second kappa shape index (κ2) is 7.87. The van der Waals surface area contributed by atoms with Gasteiger partial charge in [-0.1, -0.05) is 12.1 Å². The summed E-state index contributed by atoms with van der Waals surface area (Å²) in [5.74, 6) is 1.58. The van der Waals surface area contributed by atoms with Crippen LogP contribution in [0.15, 0.2) is 23.0 Å². The Bertz CT molecular complexity index is 1150. The molecule has 0 saturated carbocycles. The van der Waals surface area contributed by atoms with Gasteiger partial charge in [-0.25, -0.2) is 4.98 Å². The van der Waals surface area contributed by atoms with E-state index in [9.17, 15) is 4.79 Å². The third kappa shape index (κ3) is 3.51. The quantitative estimate of drug-likeness (QED) is 0.709. The first-order valence-corrected chi connectivity index (χ1v) is 9.91. The van der Waals surface area contributed by atoms with Crippen molar-refractivity contribution in [2.45, 2.75) is 25.7 Å². The number of H-pyrrole nitrogens is 1. The fraction of sp³-hybridized carbons (Fsp3) is 0.286. The van der Waals surface area contributed by atoms with Gasteiger partial charge in [0.15, 0.2) is 18.1 Å². The summed E-state index contributed by atoms with van der Waals surface area (Å²) < 4.78 is 10.6. The molecule has 6 nitrogen and oxygen atoms in total. The van der Waals surface area contributed by atoms with Crippen molar-refractivity contribution < 1.29 is 9.47 Å². The van der Waals surface area contributed by atoms with E-state index in [0.29, 0.717) is 17.3 Å². The predicted octanol–water partition coefficient (Wildman–Crippen LogP) is 3.94. The highest BCUT2D eigenvalue weighted by Crippen LogP contribution is 2.33. The Morgan fingerprint density at radius 1 is 1.29 bits per heavy atom. The van der Waals surface area contributed by atoms with E-state index in [4.69, 9.17) is 14.7 Å². The van der Waals surface area contributed by atoms with Gasteiger partial charge in [-0.3, -0.25) is 4.79 Å². The number of aromatic nitrogens is 2. The first kappa shape index (κ1) is 18.3. The topological polar surface area (TPSA) is 88.0 Å². The number of fused-ring (bicyclic) bond motifs is 3. The van der Waals surface area contributed by atoms with Crippen molar-refractivity contribution in [1.82, 2.24) is 9.97 Å². The third-order valence-corrected chi connectivity index (χ3v) is 5.94. The molecule has 2 heterocycles. The van der Waals surface area contributed by atoms with Crippen molar-refractivity contribution >= 4 is 33.7 Å². The van der Waals surface area contributed by atoms with E-state index in [2.05, 4.69) is 9.97 Å². The van der Waals surface area contributed by atoms with Gasteiger partial charge in [0.05, 0.1) is 12.5 Å². The molecule has 7 heteroatoms. The molecule has 1 aliphatic carbocycles. The number of hydrogen-bond acceptors (Lipinski definition) is 6. The number of aryl methyl sites for hydroxylation is 2. The zero-order valence-corrected chi connectivity index (χ0v) is 16.3. The minimum atomic E-state index is -0.0677. The molecule has 3 aromatic rings. The predicted molar refractivity (Wildman–Crippen MR) is 110 cm³/mol. The lowest BCUT2D eigenvalue weighted by molar-refractivity contribution is 0.329. The molecule has 1 aromatic carbocycles. The second-order valence-electron chi connectivity index (χ2n) is 6.53. The molecule has 0 radical (unpaired) electrons. The van der Waals surface area contributed by atoms with Crippen LogP contribution in [0.2, 0.25) is 0 Å². The molecule has 2 aromatic heterocycles. The van der Waals surface area contributed by atoms with E-state index < -0.39 is 0 Å². The molecule has 142 valence electrons. The maximum absolute atomic E-state index is 12.6. The number of nitrogens with one attached hydrogen (secondary N) is 1. The zero-order chi connectivity index (χ0) is 19.5. The van der Waals surface area contributed by atoms with E-state index in [-0.39, 0.29) is 12.2 Å². The van der Waals surface area contributed by atoms with Crippen LogP contribution < -0.4 is 15.0 Å². The molecule has 28 heavy (non-hydrogen) atoms. The molecule has 0 aliphatic heterocycles. The van der Waals surface area contributed by atoms with Gasteiger partial charge in [-0.15, -0.1) is 11.3 Å². The van der Waals surface area contributed by atoms with E-state index in [1.54, 1.807) is 30.6 Å². The molecular weight excluding hydrogens is 374 g/mol. The monoisotopic (exact) mass is 393 g/mol. The van der Waals surface area contributed by atoms with Gasteiger partial charge in [-0.2, -0.15) is 5.26 Å². The van der Waals surface area contributed by atoms with Crippen molar-refractivity contribution in [2.24, 2.45) is 0 Å². The van der Waals surface area contributed by atoms with Crippen LogP contribution in [0, 0.1) is 11.3 Å². The number of aromatic amines is 1. The van der Waals surface area contributed by atoms with Gasteiger partial charge in [0.1, 0.15) is 16.7 Å². The van der Waals surface area contributed by atoms with E-state index >= 15 is 0 Å². The standard InChI is InChI=1S/C21H19N3O3S/c1-26-16-12-13(6-8-15(16)27-11-10-22)7-9-18-23-20(25)19-14-4-2-3-5-17(14)28-21(19)24-18/h6-9,12H,2-5,11H2,1H3,(H,23,24,25). The summed E-state index contributed by atoms with van der Waals surface area (Å²) in [6.07, 6.45) is 7.96. The van der Waals surface area contributed by atoms with Crippen LogP contribution in [0.4, 0.5) is 0 Å². The highest BCUT2D eigenvalue weighted by Gasteiger charge is 2.19. The lowest BCUT2D eigenvalue weighted by Gasteiger charge is -2.09. The largest absolute Gasteiger partial charge is 0.493 e. The van der Waals surface area contributed by atoms with Gasteiger partial charge >= 0.3 is 0 Å². The molecule has 0 amide bonds. The van der Waals surface area contributed by atoms with Crippen molar-refractivity contribution in [2.75, 3.05) is 13.7 Å². The highest BCUT2D eigenvalue weighted by atomic mass is 32.1. The summed E-state index contributed by atoms with van der Waals surface area (Å²) in [4.78, 5) is 22.2. The number of methoxy groups -OCH3 is 1. The number of ether oxygens (including phenoxy) is 2. The summed E-state index contributed by atoms with van der Waals surface area (Å²) in [7, 11) is 1.55. The molecule has 0 bridgehead atoms. The van der Waals surface area contributed by atoms with Crippen LogP contribution in [0.3, 0.4) is 0 Å². The van der Waals surface area contributed by atoms with Gasteiger partial charge < -0.3 is 14.5 Å². The Morgan fingerprint density at radius 3 is 2.96 bits per heavy atom. The lowest BCUT2D eigenvalue weighted by Crippen LogP contribution is -2.11. The molecule has 1 aliphatic rings. The maximum atomic E-state index is 12.6. The summed E-state index contributed by atoms with van der Waals surface area (Å²) in [5.41, 5.74) is 1.99. The van der Waals surface area contributed by atoms with Crippen LogP contribution in [0.5, 0.6) is 11.5 Å². The normalized spacial score (nSPS) is 13.4. The summed E-state index contributed by atoms with van der Waals surface area (Å²) >= 11 is 1.64. The van der Waals surface area contributed by atoms with E-state index in [1.165, 1.54) is 16.9 Å². The van der Waals surface area contributed by atoms with Crippen LogP contribution in [-0.2, 0) is 12.8 Å². The van der Waals surface area contributed by atoms with Crippen LogP contribution in [-0.4, -0.2) is 23.7 Å². The Morgan fingerprint density at radius 2 is 2.14 bits per heavy atom. The van der Waals surface area contributed by atoms with Gasteiger partial charge in [0.25, 0.3) is 5.56 Å². The minimum Gasteiger partial charge on any atom is -0.493 e. The zero-order valence-electron chi connectivity index (χ0n) is 15.4. The van der Waals surface area contributed by atoms with Gasteiger partial charge in [0, 0.05) is 4.88 Å². The van der Waals surface area contributed by atoms with E-state index in [0.717, 1.165) is 35.0 Å². The fourth-order valence-corrected chi connectivity index (χ4v) is 4.72. The molecule has 0 unspecified atom stereocenters. The first-order chi connectivity index (χ1) is 13.7. The average Bonchev–Trinajstić information content (AvgIpc) is 3.09. The highest BCUT2D eigenvalue weighted by molar-refractivity contribution is 7.18.